The average Bonchev–Trinajstić information content (AvgIpc) is 4.00. The molecule has 0 atom stereocenters. The highest BCUT2D eigenvalue weighted by Gasteiger charge is 2.32. The van der Waals surface area contributed by atoms with E-state index in [0.29, 0.717) is 11.4 Å². The average molecular weight is 877 g/mol. The van der Waals surface area contributed by atoms with Gasteiger partial charge in [-0.05, 0) is 98.5 Å². The molecule has 2 saturated heterocycles. The second kappa shape index (κ2) is 16.7. The van der Waals surface area contributed by atoms with Crippen molar-refractivity contribution < 1.29 is 14.3 Å². The van der Waals surface area contributed by atoms with Crippen LogP contribution >= 0.6 is 0 Å². The summed E-state index contributed by atoms with van der Waals surface area (Å²) in [5, 5.41) is 2.43. The summed E-state index contributed by atoms with van der Waals surface area (Å²) in [4.78, 5) is 43.2. The van der Waals surface area contributed by atoms with Gasteiger partial charge < -0.3 is 19.3 Å². The molecule has 13 heteroatoms. The van der Waals surface area contributed by atoms with Gasteiger partial charge in [0, 0.05) is 99.0 Å². The monoisotopic (exact) mass is 876 g/mol. The van der Waals surface area contributed by atoms with Gasteiger partial charge in [-0.1, -0.05) is 36.4 Å². The third kappa shape index (κ3) is 7.23. The largest absolute Gasteiger partial charge is 0.485 e. The zero-order chi connectivity index (χ0) is 44.3. The van der Waals surface area contributed by atoms with Crippen molar-refractivity contribution in [1.82, 2.24) is 38.9 Å². The van der Waals surface area contributed by atoms with Gasteiger partial charge in [0.25, 0.3) is 0 Å². The normalized spacial score (nSPS) is 16.1. The van der Waals surface area contributed by atoms with E-state index in [2.05, 4.69) is 114 Å². The first-order chi connectivity index (χ1) is 32.4. The summed E-state index contributed by atoms with van der Waals surface area (Å²) in [6, 6.07) is 34.0. The molecule has 0 unspecified atom stereocenters. The van der Waals surface area contributed by atoms with Gasteiger partial charge in [-0.2, -0.15) is 0 Å². The molecule has 12 rings (SSSR count). The van der Waals surface area contributed by atoms with Gasteiger partial charge in [0.2, 0.25) is 5.78 Å². The molecule has 2 fully saturated rings. The summed E-state index contributed by atoms with van der Waals surface area (Å²) in [5.74, 6) is 1.48. The van der Waals surface area contributed by atoms with E-state index >= 15 is 0 Å². The van der Waals surface area contributed by atoms with Crippen molar-refractivity contribution in [3.63, 3.8) is 0 Å². The fourth-order valence-corrected chi connectivity index (χ4v) is 10.5. The molecule has 4 aliphatic heterocycles. The smallest absolute Gasteiger partial charge is 0.233 e. The molecule has 13 nitrogen and oxygen atoms in total. The van der Waals surface area contributed by atoms with E-state index in [1.807, 2.05) is 35.1 Å². The number of piperazine rings is 2. The van der Waals surface area contributed by atoms with Gasteiger partial charge in [-0.3, -0.25) is 33.7 Å². The van der Waals surface area contributed by atoms with Crippen LogP contribution in [0.5, 0.6) is 11.5 Å². The summed E-state index contributed by atoms with van der Waals surface area (Å²) >= 11 is 0. The van der Waals surface area contributed by atoms with Gasteiger partial charge in [-0.25, -0.2) is 9.97 Å². The molecule has 0 aliphatic carbocycles. The molecule has 8 heterocycles. The lowest BCUT2D eigenvalue weighted by atomic mass is 10.1. The van der Waals surface area contributed by atoms with Crippen molar-refractivity contribution in [2.24, 2.45) is 0 Å². The van der Waals surface area contributed by atoms with Crippen LogP contribution in [-0.2, 0) is 26.1 Å². The number of carbonyl (C=O) groups is 1. The Bertz CT molecular complexity index is 2950. The van der Waals surface area contributed by atoms with Gasteiger partial charge in [-0.15, -0.1) is 0 Å². The highest BCUT2D eigenvalue weighted by Crippen LogP contribution is 2.38. The SMILES string of the molecule is Cc1ccc2c(N3CCN(CCc4cccc5c4OCc4c(C(=O)c6ncn7c6COc6c(CCN8CCN(c9cccc%10nc(C)ccc9%10)CC8)cccc6-7)ncn4-5)CC3)cccc2n1. The minimum atomic E-state index is -0.230. The molecule has 0 bridgehead atoms. The van der Waals surface area contributed by atoms with Crippen LogP contribution in [0.3, 0.4) is 0 Å². The number of benzene rings is 4. The summed E-state index contributed by atoms with van der Waals surface area (Å²) in [7, 11) is 0. The second-order valence-electron chi connectivity index (χ2n) is 18.0. The standard InChI is InChI=1S/C53H52N10O3/c1-35-15-17-39-41(56-35)9-5-11-43(39)60-27-23-58(24-28-60)21-19-37-7-3-13-45-52(37)65-31-47-49(54-33-62(45)47)51(64)50-48-32-66-53-38(8-4-14-46(53)63(48)34-55-50)20-22-59-25-29-61(30-26-59)44-12-6-10-42-40(44)18-16-36(2)57-42/h3-18,33-34H,19-32H2,1-2H3. The second-order valence-corrected chi connectivity index (χ2v) is 18.0. The van der Waals surface area contributed by atoms with Crippen LogP contribution in [0.2, 0.25) is 0 Å². The zero-order valence-electron chi connectivity index (χ0n) is 37.5. The van der Waals surface area contributed by atoms with Crippen LogP contribution in [0.25, 0.3) is 33.2 Å². The first-order valence-corrected chi connectivity index (χ1v) is 23.3. The maximum Gasteiger partial charge on any atom is 0.233 e. The number of carbonyl (C=O) groups excluding carboxylic acids is 1. The highest BCUT2D eigenvalue weighted by atomic mass is 16.5. The molecule has 4 aliphatic rings. The zero-order valence-corrected chi connectivity index (χ0v) is 37.5. The van der Waals surface area contributed by atoms with Gasteiger partial charge in [0.05, 0.1) is 33.8 Å². The lowest BCUT2D eigenvalue weighted by Crippen LogP contribution is -2.47. The highest BCUT2D eigenvalue weighted by molar-refractivity contribution is 6.08. The molecule has 4 aromatic carbocycles. The van der Waals surface area contributed by atoms with Crippen molar-refractivity contribution in [3.05, 3.63) is 155 Å². The maximum absolute atomic E-state index is 14.3. The van der Waals surface area contributed by atoms with Gasteiger partial charge >= 0.3 is 0 Å². The number of aromatic nitrogens is 6. The van der Waals surface area contributed by atoms with Crippen molar-refractivity contribution in [2.45, 2.75) is 39.9 Å². The quantitative estimate of drug-likeness (QED) is 0.127. The first-order valence-electron chi connectivity index (χ1n) is 23.3. The van der Waals surface area contributed by atoms with Gasteiger partial charge in [0.1, 0.15) is 48.8 Å². The number of aryl methyl sites for hydroxylation is 2. The lowest BCUT2D eigenvalue weighted by molar-refractivity contribution is 0.102. The van der Waals surface area contributed by atoms with Crippen LogP contribution in [0.15, 0.2) is 110 Å². The third-order valence-electron chi connectivity index (χ3n) is 14.1. The molecule has 0 radical (unpaired) electrons. The molecule has 8 aromatic rings. The summed E-state index contributed by atoms with van der Waals surface area (Å²) in [5.41, 5.74) is 13.0. The number of anilines is 2. The molecular formula is C53H52N10O3. The van der Waals surface area contributed by atoms with Crippen LogP contribution in [0.1, 0.15) is 50.1 Å². The van der Waals surface area contributed by atoms with E-state index in [4.69, 9.17) is 19.4 Å². The molecule has 0 spiro atoms. The Kier molecular flexibility index (Phi) is 10.2. The number of ether oxygens (including phenoxy) is 2. The molecule has 0 N–H and O–H groups in total. The number of rotatable bonds is 10. The fourth-order valence-electron chi connectivity index (χ4n) is 10.5. The predicted octanol–water partition coefficient (Wildman–Crippen LogP) is 7.52. The van der Waals surface area contributed by atoms with Crippen LogP contribution < -0.4 is 19.3 Å². The Morgan fingerprint density at radius 2 is 0.939 bits per heavy atom. The lowest BCUT2D eigenvalue weighted by Gasteiger charge is -2.36. The number of hydrogen-bond acceptors (Lipinski definition) is 11. The number of fused-ring (bicyclic) bond motifs is 8. The Hall–Kier alpha value is -7.09. The Morgan fingerprint density at radius 3 is 1.39 bits per heavy atom. The topological polar surface area (TPSA) is 110 Å². The number of nitrogens with zero attached hydrogens (tertiary/aromatic N) is 10. The van der Waals surface area contributed by atoms with E-state index < -0.39 is 0 Å². The van der Waals surface area contributed by atoms with E-state index in [0.717, 1.165) is 146 Å². The minimum absolute atomic E-state index is 0.230. The molecule has 4 aromatic heterocycles. The van der Waals surface area contributed by atoms with Crippen molar-refractivity contribution in [3.8, 4) is 22.9 Å². The number of ketones is 1. The van der Waals surface area contributed by atoms with Crippen LogP contribution in [0, 0.1) is 13.8 Å². The van der Waals surface area contributed by atoms with Crippen LogP contribution in [-0.4, -0.2) is 110 Å². The van der Waals surface area contributed by atoms with Gasteiger partial charge in [0.15, 0.2) is 0 Å². The van der Waals surface area contributed by atoms with E-state index in [9.17, 15) is 4.79 Å². The minimum Gasteiger partial charge on any atom is -0.485 e. The number of para-hydroxylation sites is 2. The first kappa shape index (κ1) is 40.4. The molecule has 332 valence electrons. The molecule has 0 amide bonds. The van der Waals surface area contributed by atoms with Crippen molar-refractivity contribution in [2.75, 3.05) is 75.2 Å². The fraction of sp³-hybridized carbons (Fsp3) is 0.302. The molecule has 66 heavy (non-hydrogen) atoms. The summed E-state index contributed by atoms with van der Waals surface area (Å²) < 4.78 is 17.0. The van der Waals surface area contributed by atoms with Crippen LogP contribution in [0.4, 0.5) is 11.4 Å². The van der Waals surface area contributed by atoms with Crippen molar-refractivity contribution >= 4 is 39.0 Å². The van der Waals surface area contributed by atoms with Crippen molar-refractivity contribution in [1.29, 1.82) is 0 Å². The third-order valence-corrected chi connectivity index (χ3v) is 14.1. The van der Waals surface area contributed by atoms with E-state index in [-0.39, 0.29) is 19.0 Å². The van der Waals surface area contributed by atoms with E-state index in [1.165, 1.54) is 22.1 Å². The van der Waals surface area contributed by atoms with E-state index in [1.54, 1.807) is 12.7 Å². The number of hydrogen-bond donors (Lipinski definition) is 0. The number of pyridine rings is 2. The Morgan fingerprint density at radius 1 is 0.515 bits per heavy atom. The number of imidazole rings is 2. The molecular weight excluding hydrogens is 825 g/mol. The Labute approximate surface area is 383 Å². The predicted molar refractivity (Wildman–Crippen MR) is 257 cm³/mol. The maximum atomic E-state index is 14.3. The summed E-state index contributed by atoms with van der Waals surface area (Å²) in [6.45, 7) is 14.3. The molecule has 0 saturated carbocycles. The summed E-state index contributed by atoms with van der Waals surface area (Å²) in [6.07, 6.45) is 5.23. The Balaban J connectivity index is 0.692.